The molecule has 3 nitrogen and oxygen atoms in total. The minimum Gasteiger partial charge on any atom is -0.390 e. The van der Waals surface area contributed by atoms with Gasteiger partial charge in [0.05, 0.1) is 22.5 Å². The minimum absolute atomic E-state index is 0.204. The molecule has 17 heavy (non-hydrogen) atoms. The number of nitrogens with zero attached hydrogens (tertiary/aromatic N) is 1. The molecule has 0 aliphatic heterocycles. The molecule has 0 aliphatic carbocycles. The Balaban J connectivity index is 2.24. The number of nitrogens with one attached hydrogen (secondary N) is 1. The molecule has 2 N–H and O–H groups in total. The van der Waals surface area contributed by atoms with Gasteiger partial charge in [0.15, 0.2) is 0 Å². The highest BCUT2D eigenvalue weighted by Crippen LogP contribution is 2.25. The monoisotopic (exact) mass is 270 g/mol. The number of hydrogen-bond donors (Lipinski definition) is 2. The normalized spacial score (nSPS) is 12.6. The molecule has 0 aliphatic rings. The number of aliphatic hydroxyl groups is 1. The van der Waals surface area contributed by atoms with Gasteiger partial charge in [-0.1, -0.05) is 17.7 Å². The average molecular weight is 271 g/mol. The minimum atomic E-state index is -0.569. The van der Waals surface area contributed by atoms with E-state index in [1.54, 1.807) is 12.3 Å². The van der Waals surface area contributed by atoms with Crippen molar-refractivity contribution in [3.05, 3.63) is 35.5 Å². The number of rotatable bonds is 4. The number of hydrogen-bond acceptors (Lipinski definition) is 3. The van der Waals surface area contributed by atoms with Crippen LogP contribution in [-0.4, -0.2) is 28.6 Å². The van der Waals surface area contributed by atoms with E-state index in [0.29, 0.717) is 11.6 Å². The van der Waals surface area contributed by atoms with Gasteiger partial charge in [-0.25, -0.2) is 0 Å². The summed E-state index contributed by atoms with van der Waals surface area (Å²) in [6.45, 7) is 0.394. The predicted octanol–water partition coefficient (Wildman–Crippen LogP) is 2.90. The molecule has 90 valence electrons. The third kappa shape index (κ3) is 3.00. The van der Waals surface area contributed by atoms with Crippen molar-refractivity contribution in [2.75, 3.05) is 17.7 Å². The van der Waals surface area contributed by atoms with Crippen molar-refractivity contribution < 1.29 is 5.11 Å². The van der Waals surface area contributed by atoms with Crippen molar-refractivity contribution in [1.29, 1.82) is 0 Å². The Morgan fingerprint density at radius 1 is 1.41 bits per heavy atom. The Kier molecular flexibility index (Phi) is 4.05. The van der Waals surface area contributed by atoms with Gasteiger partial charge in [-0.2, -0.15) is 0 Å². The molecule has 0 bridgehead atoms. The number of pyridine rings is 1. The quantitative estimate of drug-likeness (QED) is 0.840. The van der Waals surface area contributed by atoms with Crippen LogP contribution in [0.3, 0.4) is 0 Å². The lowest BCUT2D eigenvalue weighted by Gasteiger charge is -2.11. The zero-order valence-corrected chi connectivity index (χ0v) is 10.5. The number of aromatic nitrogens is 1. The average Bonchev–Trinajstić information content (AvgIpc) is 2.36. The van der Waals surface area contributed by atoms with E-state index < -0.39 is 6.10 Å². The van der Waals surface area contributed by atoms with Crippen LogP contribution in [0.1, 0.15) is 0 Å². The summed E-state index contributed by atoms with van der Waals surface area (Å²) in [5, 5.41) is 14.0. The van der Waals surface area contributed by atoms with Crippen molar-refractivity contribution in [2.45, 2.75) is 6.10 Å². The molecule has 1 heterocycles. The standard InChI is InChI=1S/C12H12Cl2N2O/c13-6-10(17)7-16-9-4-8-2-1-3-15-12(8)11(14)5-9/h1-5,10,16-17H,6-7H2. The van der Waals surface area contributed by atoms with Crippen LogP contribution < -0.4 is 5.32 Å². The van der Waals surface area contributed by atoms with Crippen LogP contribution in [0.15, 0.2) is 30.5 Å². The summed E-state index contributed by atoms with van der Waals surface area (Å²) in [6.07, 6.45) is 1.14. The topological polar surface area (TPSA) is 45.1 Å². The number of alkyl halides is 1. The van der Waals surface area contributed by atoms with Gasteiger partial charge >= 0.3 is 0 Å². The molecule has 1 unspecified atom stereocenters. The SMILES string of the molecule is OC(CCl)CNc1cc(Cl)c2ncccc2c1. The third-order valence-electron chi connectivity index (χ3n) is 2.38. The second-order valence-electron chi connectivity index (χ2n) is 3.72. The molecule has 0 amide bonds. The van der Waals surface area contributed by atoms with Gasteiger partial charge in [-0.3, -0.25) is 4.98 Å². The van der Waals surface area contributed by atoms with Gasteiger partial charge in [0.1, 0.15) is 0 Å². The summed E-state index contributed by atoms with van der Waals surface area (Å²) < 4.78 is 0. The molecule has 0 saturated carbocycles. The van der Waals surface area contributed by atoms with Crippen LogP contribution in [0.2, 0.25) is 5.02 Å². The van der Waals surface area contributed by atoms with Gasteiger partial charge in [-0.15, -0.1) is 11.6 Å². The van der Waals surface area contributed by atoms with Gasteiger partial charge in [0, 0.05) is 23.8 Å². The van der Waals surface area contributed by atoms with Gasteiger partial charge in [0.2, 0.25) is 0 Å². The first-order chi connectivity index (χ1) is 8.20. The number of fused-ring (bicyclic) bond motifs is 1. The fraction of sp³-hybridized carbons (Fsp3) is 0.250. The van der Waals surface area contributed by atoms with E-state index in [9.17, 15) is 5.11 Å². The molecule has 2 rings (SSSR count). The van der Waals surface area contributed by atoms with Gasteiger partial charge in [-0.05, 0) is 18.2 Å². The van der Waals surface area contributed by atoms with Gasteiger partial charge in [0.25, 0.3) is 0 Å². The predicted molar refractivity (Wildman–Crippen MR) is 72.0 cm³/mol. The van der Waals surface area contributed by atoms with Crippen LogP contribution in [-0.2, 0) is 0 Å². The first-order valence-electron chi connectivity index (χ1n) is 5.23. The fourth-order valence-electron chi connectivity index (χ4n) is 1.54. The maximum atomic E-state index is 9.36. The van der Waals surface area contributed by atoms with E-state index in [1.807, 2.05) is 18.2 Å². The zero-order chi connectivity index (χ0) is 12.3. The Bertz CT molecular complexity index is 519. The molecule has 0 saturated heterocycles. The maximum Gasteiger partial charge on any atom is 0.0889 e. The van der Waals surface area contributed by atoms with E-state index in [-0.39, 0.29) is 5.88 Å². The summed E-state index contributed by atoms with van der Waals surface area (Å²) >= 11 is 11.6. The van der Waals surface area contributed by atoms with E-state index in [0.717, 1.165) is 16.6 Å². The van der Waals surface area contributed by atoms with E-state index in [2.05, 4.69) is 10.3 Å². The number of anilines is 1. The van der Waals surface area contributed by atoms with Crippen LogP contribution in [0.4, 0.5) is 5.69 Å². The molecule has 0 fully saturated rings. The Morgan fingerprint density at radius 3 is 3.00 bits per heavy atom. The highest BCUT2D eigenvalue weighted by molar-refractivity contribution is 6.35. The summed E-state index contributed by atoms with van der Waals surface area (Å²) in [5.74, 6) is 0.204. The number of halogens is 2. The Morgan fingerprint density at radius 2 is 2.24 bits per heavy atom. The highest BCUT2D eigenvalue weighted by Gasteiger charge is 2.05. The summed E-state index contributed by atoms with van der Waals surface area (Å²) in [7, 11) is 0. The number of aliphatic hydroxyl groups excluding tert-OH is 1. The molecule has 1 aromatic heterocycles. The van der Waals surface area contributed by atoms with Crippen molar-refractivity contribution in [1.82, 2.24) is 4.98 Å². The Labute approximate surface area is 109 Å². The second kappa shape index (κ2) is 5.54. The van der Waals surface area contributed by atoms with Crippen LogP contribution in [0, 0.1) is 0 Å². The third-order valence-corrected chi connectivity index (χ3v) is 3.02. The van der Waals surface area contributed by atoms with Crippen LogP contribution >= 0.6 is 23.2 Å². The lowest BCUT2D eigenvalue weighted by molar-refractivity contribution is 0.211. The molecule has 5 heteroatoms. The van der Waals surface area contributed by atoms with Crippen molar-refractivity contribution >= 4 is 39.8 Å². The Hall–Kier alpha value is -1.03. The van der Waals surface area contributed by atoms with Crippen LogP contribution in [0.25, 0.3) is 10.9 Å². The molecule has 0 radical (unpaired) electrons. The molecular weight excluding hydrogens is 259 g/mol. The van der Waals surface area contributed by atoms with Crippen LogP contribution in [0.5, 0.6) is 0 Å². The highest BCUT2D eigenvalue weighted by atomic mass is 35.5. The van der Waals surface area contributed by atoms with E-state index in [1.165, 1.54) is 0 Å². The fourth-order valence-corrected chi connectivity index (χ4v) is 1.92. The first-order valence-corrected chi connectivity index (χ1v) is 6.14. The molecule has 1 aromatic carbocycles. The van der Waals surface area contributed by atoms with E-state index >= 15 is 0 Å². The number of benzene rings is 1. The maximum absolute atomic E-state index is 9.36. The van der Waals surface area contributed by atoms with Crippen molar-refractivity contribution in [3.8, 4) is 0 Å². The summed E-state index contributed by atoms with van der Waals surface area (Å²) in [6, 6.07) is 7.53. The molecule has 2 aromatic rings. The van der Waals surface area contributed by atoms with Crippen molar-refractivity contribution in [3.63, 3.8) is 0 Å². The first kappa shape index (κ1) is 12.4. The molecule has 1 atom stereocenters. The second-order valence-corrected chi connectivity index (χ2v) is 4.44. The van der Waals surface area contributed by atoms with Crippen molar-refractivity contribution in [2.24, 2.45) is 0 Å². The van der Waals surface area contributed by atoms with Gasteiger partial charge < -0.3 is 10.4 Å². The smallest absolute Gasteiger partial charge is 0.0889 e. The lowest BCUT2D eigenvalue weighted by Crippen LogP contribution is -2.20. The largest absolute Gasteiger partial charge is 0.390 e. The summed E-state index contributed by atoms with van der Waals surface area (Å²) in [5.41, 5.74) is 1.62. The molecular formula is C12H12Cl2N2O. The lowest BCUT2D eigenvalue weighted by atomic mass is 10.2. The summed E-state index contributed by atoms with van der Waals surface area (Å²) in [4.78, 5) is 4.20. The zero-order valence-electron chi connectivity index (χ0n) is 9.03. The van der Waals surface area contributed by atoms with E-state index in [4.69, 9.17) is 23.2 Å². The molecule has 0 spiro atoms.